The first-order valence-corrected chi connectivity index (χ1v) is 6.93. The summed E-state index contributed by atoms with van der Waals surface area (Å²) in [6.45, 7) is 2.87. The highest BCUT2D eigenvalue weighted by Crippen LogP contribution is 2.36. The van der Waals surface area contributed by atoms with Crippen LogP contribution in [0.3, 0.4) is 0 Å². The van der Waals surface area contributed by atoms with Gasteiger partial charge in [-0.3, -0.25) is 0 Å². The van der Waals surface area contributed by atoms with Crippen LogP contribution in [0.15, 0.2) is 21.0 Å². The second-order valence-electron chi connectivity index (χ2n) is 4.54. The molecule has 0 radical (unpaired) electrons. The lowest BCUT2D eigenvalue weighted by atomic mass is 10.1. The summed E-state index contributed by atoms with van der Waals surface area (Å²) in [6, 6.07) is 4.50. The Morgan fingerprint density at radius 2 is 2.24 bits per heavy atom. The Bertz CT molecular complexity index is 574. The van der Waals surface area contributed by atoms with E-state index in [-0.39, 0.29) is 0 Å². The molecule has 1 saturated carbocycles. The molecule has 4 heteroatoms. The standard InChI is InChI=1S/C13H13BrClNO/c1-7-11(6-16-8-2-3-8)17-13-10(15)5-4-9(14)12(7)13/h4-5,8,16H,2-3,6H2,1H3. The van der Waals surface area contributed by atoms with Gasteiger partial charge in [0.25, 0.3) is 0 Å². The molecule has 2 nitrogen and oxygen atoms in total. The molecule has 90 valence electrons. The molecule has 0 aliphatic heterocycles. The van der Waals surface area contributed by atoms with Crippen LogP contribution < -0.4 is 5.32 Å². The second kappa shape index (κ2) is 4.30. The lowest BCUT2D eigenvalue weighted by Crippen LogP contribution is -2.15. The van der Waals surface area contributed by atoms with Crippen molar-refractivity contribution in [3.8, 4) is 0 Å². The number of furan rings is 1. The number of halogens is 2. The number of hydrogen-bond donors (Lipinski definition) is 1. The van der Waals surface area contributed by atoms with Gasteiger partial charge in [-0.05, 0) is 31.9 Å². The van der Waals surface area contributed by atoms with E-state index < -0.39 is 0 Å². The number of nitrogens with one attached hydrogen (secondary N) is 1. The average molecular weight is 315 g/mol. The maximum absolute atomic E-state index is 6.15. The van der Waals surface area contributed by atoms with E-state index in [1.54, 1.807) is 0 Å². The van der Waals surface area contributed by atoms with E-state index in [4.69, 9.17) is 16.0 Å². The molecule has 1 aromatic heterocycles. The SMILES string of the molecule is Cc1c(CNC2CC2)oc2c(Cl)ccc(Br)c12. The Kier molecular flexibility index (Phi) is 2.93. The molecule has 0 bridgehead atoms. The van der Waals surface area contributed by atoms with Gasteiger partial charge < -0.3 is 9.73 Å². The quantitative estimate of drug-likeness (QED) is 0.908. The van der Waals surface area contributed by atoms with Crippen molar-refractivity contribution in [2.75, 3.05) is 0 Å². The molecule has 1 aliphatic rings. The highest BCUT2D eigenvalue weighted by atomic mass is 79.9. The number of fused-ring (bicyclic) bond motifs is 1. The van der Waals surface area contributed by atoms with Gasteiger partial charge in [0.15, 0.2) is 5.58 Å². The van der Waals surface area contributed by atoms with Gasteiger partial charge in [0, 0.05) is 21.5 Å². The highest BCUT2D eigenvalue weighted by Gasteiger charge is 2.22. The zero-order valence-corrected chi connectivity index (χ0v) is 11.9. The van der Waals surface area contributed by atoms with E-state index in [0.717, 1.165) is 27.7 Å². The lowest BCUT2D eigenvalue weighted by Gasteiger charge is -1.99. The normalized spacial score (nSPS) is 15.7. The van der Waals surface area contributed by atoms with Crippen molar-refractivity contribution in [2.24, 2.45) is 0 Å². The van der Waals surface area contributed by atoms with Crippen LogP contribution in [0.1, 0.15) is 24.2 Å². The number of benzene rings is 1. The van der Waals surface area contributed by atoms with Crippen LogP contribution in [0.2, 0.25) is 5.02 Å². The molecule has 1 fully saturated rings. The largest absolute Gasteiger partial charge is 0.458 e. The Balaban J connectivity index is 2.03. The summed E-state index contributed by atoms with van der Waals surface area (Å²) >= 11 is 9.70. The van der Waals surface area contributed by atoms with Gasteiger partial charge in [-0.1, -0.05) is 27.5 Å². The summed E-state index contributed by atoms with van der Waals surface area (Å²) in [6.07, 6.45) is 2.56. The lowest BCUT2D eigenvalue weighted by molar-refractivity contribution is 0.509. The Hall–Kier alpha value is -0.510. The van der Waals surface area contributed by atoms with E-state index >= 15 is 0 Å². The summed E-state index contributed by atoms with van der Waals surface area (Å²) in [7, 11) is 0. The van der Waals surface area contributed by atoms with Gasteiger partial charge >= 0.3 is 0 Å². The minimum absolute atomic E-state index is 0.670. The predicted molar refractivity (Wildman–Crippen MR) is 73.5 cm³/mol. The van der Waals surface area contributed by atoms with Crippen LogP contribution in [0.4, 0.5) is 0 Å². The number of aryl methyl sites for hydroxylation is 1. The summed E-state index contributed by atoms with van der Waals surface area (Å²) in [5, 5.41) is 5.22. The van der Waals surface area contributed by atoms with Crippen molar-refractivity contribution in [1.82, 2.24) is 5.32 Å². The number of rotatable bonds is 3. The molecule has 0 unspecified atom stereocenters. The minimum atomic E-state index is 0.670. The number of hydrogen-bond acceptors (Lipinski definition) is 2. The molecular formula is C13H13BrClNO. The molecule has 3 rings (SSSR count). The van der Waals surface area contributed by atoms with Crippen molar-refractivity contribution in [3.05, 3.63) is 33.0 Å². The Labute approximate surface area is 113 Å². The molecule has 1 aliphatic carbocycles. The smallest absolute Gasteiger partial charge is 0.154 e. The molecule has 2 aromatic rings. The van der Waals surface area contributed by atoms with E-state index in [1.165, 1.54) is 18.4 Å². The third-order valence-electron chi connectivity index (χ3n) is 3.21. The van der Waals surface area contributed by atoms with Gasteiger partial charge in [0.1, 0.15) is 5.76 Å². The summed E-state index contributed by atoms with van der Waals surface area (Å²) in [4.78, 5) is 0. The first-order chi connectivity index (χ1) is 8.16. The first-order valence-electron chi connectivity index (χ1n) is 5.76. The van der Waals surface area contributed by atoms with Crippen LogP contribution in [-0.2, 0) is 6.54 Å². The molecular weight excluding hydrogens is 302 g/mol. The van der Waals surface area contributed by atoms with Crippen LogP contribution in [0.25, 0.3) is 11.0 Å². The zero-order valence-electron chi connectivity index (χ0n) is 9.52. The van der Waals surface area contributed by atoms with Crippen molar-refractivity contribution in [3.63, 3.8) is 0 Å². The molecule has 0 saturated heterocycles. The van der Waals surface area contributed by atoms with Gasteiger partial charge in [0.2, 0.25) is 0 Å². The molecule has 0 atom stereocenters. The maximum atomic E-state index is 6.15. The fraction of sp³-hybridized carbons (Fsp3) is 0.385. The summed E-state index contributed by atoms with van der Waals surface area (Å²) < 4.78 is 6.90. The first kappa shape index (κ1) is 11.6. The maximum Gasteiger partial charge on any atom is 0.154 e. The van der Waals surface area contributed by atoms with E-state index in [0.29, 0.717) is 11.1 Å². The van der Waals surface area contributed by atoms with E-state index in [2.05, 4.69) is 28.2 Å². The van der Waals surface area contributed by atoms with Crippen LogP contribution in [0, 0.1) is 6.92 Å². The molecule has 1 aromatic carbocycles. The van der Waals surface area contributed by atoms with Gasteiger partial charge in [-0.2, -0.15) is 0 Å². The summed E-state index contributed by atoms with van der Waals surface area (Å²) in [5.41, 5.74) is 1.95. The minimum Gasteiger partial charge on any atom is -0.458 e. The third kappa shape index (κ3) is 2.12. The Morgan fingerprint density at radius 3 is 2.88 bits per heavy atom. The molecule has 0 amide bonds. The van der Waals surface area contributed by atoms with Crippen LogP contribution in [0.5, 0.6) is 0 Å². The molecule has 0 spiro atoms. The fourth-order valence-corrected chi connectivity index (χ4v) is 2.82. The van der Waals surface area contributed by atoms with Crippen molar-refractivity contribution in [1.29, 1.82) is 0 Å². The predicted octanol–water partition coefficient (Wildman–Crippen LogP) is 4.41. The summed E-state index contributed by atoms with van der Waals surface area (Å²) in [5.74, 6) is 0.987. The van der Waals surface area contributed by atoms with Crippen molar-refractivity contribution >= 4 is 38.5 Å². The van der Waals surface area contributed by atoms with Crippen LogP contribution >= 0.6 is 27.5 Å². The van der Waals surface area contributed by atoms with Crippen molar-refractivity contribution in [2.45, 2.75) is 32.4 Å². The highest BCUT2D eigenvalue weighted by molar-refractivity contribution is 9.10. The molecule has 1 heterocycles. The molecule has 17 heavy (non-hydrogen) atoms. The van der Waals surface area contributed by atoms with Crippen molar-refractivity contribution < 1.29 is 4.42 Å². The van der Waals surface area contributed by atoms with E-state index in [9.17, 15) is 0 Å². The van der Waals surface area contributed by atoms with Crippen LogP contribution in [-0.4, -0.2) is 6.04 Å². The van der Waals surface area contributed by atoms with Gasteiger partial charge in [-0.25, -0.2) is 0 Å². The zero-order chi connectivity index (χ0) is 12.0. The van der Waals surface area contributed by atoms with Gasteiger partial charge in [0.05, 0.1) is 11.6 Å². The topological polar surface area (TPSA) is 25.2 Å². The van der Waals surface area contributed by atoms with Gasteiger partial charge in [-0.15, -0.1) is 0 Å². The second-order valence-corrected chi connectivity index (χ2v) is 5.80. The Morgan fingerprint density at radius 1 is 1.47 bits per heavy atom. The average Bonchev–Trinajstić information content (AvgIpc) is 3.06. The fourth-order valence-electron chi connectivity index (χ4n) is 2.01. The monoisotopic (exact) mass is 313 g/mol. The van der Waals surface area contributed by atoms with E-state index in [1.807, 2.05) is 12.1 Å². The molecule has 1 N–H and O–H groups in total. The third-order valence-corrected chi connectivity index (χ3v) is 4.16.